The zero-order valence-electron chi connectivity index (χ0n) is 15.6. The lowest BCUT2D eigenvalue weighted by Gasteiger charge is -2.38. The van der Waals surface area contributed by atoms with E-state index < -0.39 is 5.97 Å². The number of nitrogens with zero attached hydrogens (tertiary/aromatic N) is 2. The monoisotopic (exact) mass is 400 g/mol. The average Bonchev–Trinajstić information content (AvgIpc) is 3.12. The number of benzene rings is 2. The number of hydrogen-bond acceptors (Lipinski definition) is 8. The SMILES string of the molecule is COc1cccc(OCC(=O)OC2CN(c3nc4c(OC)cccc4s3)C2)c1. The molecule has 0 spiro atoms. The minimum atomic E-state index is -0.390. The van der Waals surface area contributed by atoms with Gasteiger partial charge in [-0.1, -0.05) is 23.5 Å². The molecule has 2 heterocycles. The van der Waals surface area contributed by atoms with E-state index >= 15 is 0 Å². The number of aromatic nitrogens is 1. The van der Waals surface area contributed by atoms with Gasteiger partial charge in [0.15, 0.2) is 11.7 Å². The Kier molecular flexibility index (Phi) is 5.21. The third kappa shape index (κ3) is 3.82. The van der Waals surface area contributed by atoms with Crippen LogP contribution in [-0.4, -0.2) is 51.0 Å². The Hall–Kier alpha value is -3.00. The fourth-order valence-electron chi connectivity index (χ4n) is 2.93. The molecular weight excluding hydrogens is 380 g/mol. The van der Waals surface area contributed by atoms with Gasteiger partial charge >= 0.3 is 5.97 Å². The summed E-state index contributed by atoms with van der Waals surface area (Å²) in [5.41, 5.74) is 0.858. The fourth-order valence-corrected chi connectivity index (χ4v) is 3.93. The highest BCUT2D eigenvalue weighted by atomic mass is 32.1. The molecule has 0 unspecified atom stereocenters. The van der Waals surface area contributed by atoms with Crippen LogP contribution >= 0.6 is 11.3 Å². The highest BCUT2D eigenvalue weighted by Crippen LogP contribution is 2.35. The summed E-state index contributed by atoms with van der Waals surface area (Å²) in [4.78, 5) is 18.8. The van der Waals surface area contributed by atoms with Crippen molar-refractivity contribution >= 4 is 32.7 Å². The van der Waals surface area contributed by atoms with E-state index in [1.165, 1.54) is 0 Å². The number of methoxy groups -OCH3 is 2. The Balaban J connectivity index is 1.28. The summed E-state index contributed by atoms with van der Waals surface area (Å²) < 4.78 is 22.5. The lowest BCUT2D eigenvalue weighted by atomic mass is 10.2. The van der Waals surface area contributed by atoms with E-state index in [0.29, 0.717) is 24.6 Å². The van der Waals surface area contributed by atoms with Crippen LogP contribution in [0.2, 0.25) is 0 Å². The predicted octanol–water partition coefficient (Wildman–Crippen LogP) is 3.12. The maximum absolute atomic E-state index is 12.0. The first-order chi connectivity index (χ1) is 13.7. The van der Waals surface area contributed by atoms with Gasteiger partial charge in [0.2, 0.25) is 0 Å². The number of para-hydroxylation sites is 1. The molecular formula is C20H20N2O5S. The van der Waals surface area contributed by atoms with Crippen LogP contribution in [0, 0.1) is 0 Å². The van der Waals surface area contributed by atoms with E-state index in [-0.39, 0.29) is 12.7 Å². The van der Waals surface area contributed by atoms with Gasteiger partial charge in [0, 0.05) is 6.07 Å². The second-order valence-electron chi connectivity index (χ2n) is 6.29. The maximum Gasteiger partial charge on any atom is 0.344 e. The number of carbonyl (C=O) groups excluding carboxylic acids is 1. The zero-order chi connectivity index (χ0) is 19.5. The Morgan fingerprint density at radius 2 is 1.93 bits per heavy atom. The van der Waals surface area contributed by atoms with Crippen molar-refractivity contribution in [3.05, 3.63) is 42.5 Å². The first-order valence-corrected chi connectivity index (χ1v) is 9.62. The molecule has 0 N–H and O–H groups in total. The summed E-state index contributed by atoms with van der Waals surface area (Å²) >= 11 is 1.60. The number of carbonyl (C=O) groups is 1. The van der Waals surface area contributed by atoms with Crippen LogP contribution < -0.4 is 19.1 Å². The normalized spacial score (nSPS) is 13.9. The van der Waals surface area contributed by atoms with E-state index in [4.69, 9.17) is 18.9 Å². The van der Waals surface area contributed by atoms with Crippen molar-refractivity contribution in [2.24, 2.45) is 0 Å². The second-order valence-corrected chi connectivity index (χ2v) is 7.30. The van der Waals surface area contributed by atoms with Crippen molar-refractivity contribution in [1.82, 2.24) is 4.98 Å². The van der Waals surface area contributed by atoms with Crippen molar-refractivity contribution in [1.29, 1.82) is 0 Å². The van der Waals surface area contributed by atoms with E-state index in [2.05, 4.69) is 9.88 Å². The van der Waals surface area contributed by atoms with Gasteiger partial charge in [-0.05, 0) is 24.3 Å². The quantitative estimate of drug-likeness (QED) is 0.564. The summed E-state index contributed by atoms with van der Waals surface area (Å²) in [5, 5.41) is 0.902. The van der Waals surface area contributed by atoms with Crippen LogP contribution in [0.1, 0.15) is 0 Å². The van der Waals surface area contributed by atoms with E-state index in [9.17, 15) is 4.79 Å². The number of thiazole rings is 1. The first kappa shape index (κ1) is 18.4. The maximum atomic E-state index is 12.0. The van der Waals surface area contributed by atoms with Gasteiger partial charge in [-0.25, -0.2) is 9.78 Å². The average molecular weight is 400 g/mol. The summed E-state index contributed by atoms with van der Waals surface area (Å²) in [5.74, 6) is 1.61. The molecule has 1 aliphatic rings. The van der Waals surface area contributed by atoms with Crippen molar-refractivity contribution in [2.45, 2.75) is 6.10 Å². The number of anilines is 1. The minimum Gasteiger partial charge on any atom is -0.497 e. The van der Waals surface area contributed by atoms with Crippen LogP contribution in [0.25, 0.3) is 10.2 Å². The Bertz CT molecular complexity index is 984. The number of esters is 1. The number of ether oxygens (including phenoxy) is 4. The molecule has 1 aliphatic heterocycles. The van der Waals surface area contributed by atoms with E-state index in [1.54, 1.807) is 43.8 Å². The molecule has 1 fully saturated rings. The van der Waals surface area contributed by atoms with Crippen LogP contribution in [0.3, 0.4) is 0 Å². The van der Waals surface area contributed by atoms with Gasteiger partial charge in [0.1, 0.15) is 28.9 Å². The van der Waals surface area contributed by atoms with Crippen molar-refractivity contribution in [3.8, 4) is 17.2 Å². The molecule has 1 saturated heterocycles. The van der Waals surface area contributed by atoms with E-state index in [0.717, 1.165) is 21.1 Å². The second kappa shape index (κ2) is 7.93. The summed E-state index contributed by atoms with van der Waals surface area (Å²) in [7, 11) is 3.22. The minimum absolute atomic E-state index is 0.137. The molecule has 0 saturated carbocycles. The predicted molar refractivity (Wildman–Crippen MR) is 107 cm³/mol. The number of hydrogen-bond donors (Lipinski definition) is 0. The molecule has 0 radical (unpaired) electrons. The highest BCUT2D eigenvalue weighted by molar-refractivity contribution is 7.22. The molecule has 0 atom stereocenters. The highest BCUT2D eigenvalue weighted by Gasteiger charge is 2.32. The van der Waals surface area contributed by atoms with Crippen molar-refractivity contribution in [3.63, 3.8) is 0 Å². The third-order valence-electron chi connectivity index (χ3n) is 4.41. The lowest BCUT2D eigenvalue weighted by molar-refractivity contribution is -0.152. The van der Waals surface area contributed by atoms with Gasteiger partial charge in [-0.2, -0.15) is 0 Å². The van der Waals surface area contributed by atoms with E-state index in [1.807, 2.05) is 24.3 Å². The topological polar surface area (TPSA) is 70.1 Å². The van der Waals surface area contributed by atoms with Crippen LogP contribution in [0.4, 0.5) is 5.13 Å². The van der Waals surface area contributed by atoms with Gasteiger partial charge in [0.05, 0.1) is 32.0 Å². The molecule has 0 aliphatic carbocycles. The van der Waals surface area contributed by atoms with Crippen molar-refractivity contribution < 1.29 is 23.7 Å². The Morgan fingerprint density at radius 1 is 1.14 bits per heavy atom. The molecule has 28 heavy (non-hydrogen) atoms. The molecule has 7 nitrogen and oxygen atoms in total. The first-order valence-electron chi connectivity index (χ1n) is 8.81. The Labute approximate surface area is 166 Å². The van der Waals surface area contributed by atoms with Crippen LogP contribution in [0.15, 0.2) is 42.5 Å². The van der Waals surface area contributed by atoms with Gasteiger partial charge < -0.3 is 23.8 Å². The third-order valence-corrected chi connectivity index (χ3v) is 5.49. The number of rotatable bonds is 7. The standard InChI is InChI=1S/C20H20N2O5S/c1-24-13-5-3-6-14(9-13)26-12-18(23)27-15-10-22(11-15)20-21-19-16(25-2)7-4-8-17(19)28-20/h3-9,15H,10-12H2,1-2H3. The zero-order valence-corrected chi connectivity index (χ0v) is 16.4. The molecule has 0 bridgehead atoms. The molecule has 1 aromatic heterocycles. The molecule has 4 rings (SSSR count). The number of fused-ring (bicyclic) bond motifs is 1. The van der Waals surface area contributed by atoms with Crippen LogP contribution in [0.5, 0.6) is 17.2 Å². The van der Waals surface area contributed by atoms with Gasteiger partial charge in [-0.3, -0.25) is 0 Å². The van der Waals surface area contributed by atoms with Crippen molar-refractivity contribution in [2.75, 3.05) is 38.8 Å². The summed E-state index contributed by atoms with van der Waals surface area (Å²) in [6.45, 7) is 1.10. The smallest absolute Gasteiger partial charge is 0.344 e. The molecule has 3 aromatic rings. The Morgan fingerprint density at radius 3 is 2.71 bits per heavy atom. The molecule has 0 amide bonds. The molecule has 8 heteroatoms. The van der Waals surface area contributed by atoms with Gasteiger partial charge in [-0.15, -0.1) is 0 Å². The fraction of sp³-hybridized carbons (Fsp3) is 0.300. The molecule has 146 valence electrons. The largest absolute Gasteiger partial charge is 0.497 e. The lowest BCUT2D eigenvalue weighted by Crippen LogP contribution is -2.53. The summed E-state index contributed by atoms with van der Waals surface area (Å²) in [6.07, 6.45) is -0.157. The molecule has 2 aromatic carbocycles. The van der Waals surface area contributed by atoms with Crippen LogP contribution in [-0.2, 0) is 9.53 Å². The van der Waals surface area contributed by atoms with Gasteiger partial charge in [0.25, 0.3) is 0 Å². The summed E-state index contributed by atoms with van der Waals surface area (Å²) in [6, 6.07) is 13.0.